The van der Waals surface area contributed by atoms with Gasteiger partial charge in [0.15, 0.2) is 9.84 Å². The summed E-state index contributed by atoms with van der Waals surface area (Å²) in [4.78, 5) is 8.71. The van der Waals surface area contributed by atoms with Crippen LogP contribution in [-0.2, 0) is 9.84 Å². The summed E-state index contributed by atoms with van der Waals surface area (Å²) in [5.74, 6) is 0.673. The molecule has 0 aliphatic heterocycles. The van der Waals surface area contributed by atoms with E-state index in [0.717, 1.165) is 23.9 Å². The van der Waals surface area contributed by atoms with Crippen molar-refractivity contribution >= 4 is 26.6 Å². The molecular weight excluding hydrogens is 286 g/mol. The van der Waals surface area contributed by atoms with Gasteiger partial charge in [0, 0.05) is 18.2 Å². The van der Waals surface area contributed by atoms with Crippen LogP contribution in [0.2, 0.25) is 0 Å². The highest BCUT2D eigenvalue weighted by atomic mass is 32.2. The summed E-state index contributed by atoms with van der Waals surface area (Å²) in [6, 6.07) is 4.92. The van der Waals surface area contributed by atoms with Gasteiger partial charge in [-0.05, 0) is 30.0 Å². The molecule has 0 bridgehead atoms. The first-order chi connectivity index (χ1) is 9.73. The van der Waals surface area contributed by atoms with Gasteiger partial charge in [0.1, 0.15) is 12.1 Å². The van der Waals surface area contributed by atoms with E-state index in [-0.39, 0.29) is 10.3 Å². The zero-order valence-electron chi connectivity index (χ0n) is 12.8. The average molecular weight is 307 g/mol. The van der Waals surface area contributed by atoms with Crippen LogP contribution in [0.15, 0.2) is 29.4 Å². The van der Waals surface area contributed by atoms with Crippen molar-refractivity contribution in [1.82, 2.24) is 9.97 Å². The smallest absolute Gasteiger partial charge is 0.175 e. The molecule has 0 atom stereocenters. The Morgan fingerprint density at radius 3 is 2.57 bits per heavy atom. The van der Waals surface area contributed by atoms with Crippen molar-refractivity contribution in [3.63, 3.8) is 0 Å². The lowest BCUT2D eigenvalue weighted by atomic mass is 9.90. The Labute approximate surface area is 125 Å². The van der Waals surface area contributed by atoms with Crippen LogP contribution in [0.3, 0.4) is 0 Å². The number of benzene rings is 1. The van der Waals surface area contributed by atoms with Crippen LogP contribution in [0, 0.1) is 5.41 Å². The topological polar surface area (TPSA) is 72.0 Å². The molecular formula is C15H21N3O2S. The average Bonchev–Trinajstić information content (AvgIpc) is 2.43. The lowest BCUT2D eigenvalue weighted by Gasteiger charge is -2.23. The van der Waals surface area contributed by atoms with E-state index in [1.807, 2.05) is 0 Å². The number of nitrogens with zero attached hydrogens (tertiary/aromatic N) is 2. The van der Waals surface area contributed by atoms with E-state index in [1.54, 1.807) is 18.2 Å². The van der Waals surface area contributed by atoms with Crippen molar-refractivity contribution < 1.29 is 8.42 Å². The summed E-state index contributed by atoms with van der Waals surface area (Å²) in [5.41, 5.74) is 0.875. The van der Waals surface area contributed by atoms with Crippen LogP contribution in [-0.4, -0.2) is 31.2 Å². The highest BCUT2D eigenvalue weighted by molar-refractivity contribution is 7.90. The SMILES string of the molecule is CCC(C)(C)CNc1ncnc2ccc(S(C)(=O)=O)cc12. The van der Waals surface area contributed by atoms with Gasteiger partial charge in [0.05, 0.1) is 10.4 Å². The summed E-state index contributed by atoms with van der Waals surface area (Å²) < 4.78 is 23.4. The van der Waals surface area contributed by atoms with Gasteiger partial charge in [0.25, 0.3) is 0 Å². The van der Waals surface area contributed by atoms with Crippen molar-refractivity contribution in [2.75, 3.05) is 18.1 Å². The summed E-state index contributed by atoms with van der Waals surface area (Å²) in [6.07, 6.45) is 3.73. The minimum atomic E-state index is -3.24. The van der Waals surface area contributed by atoms with Crippen molar-refractivity contribution in [3.05, 3.63) is 24.5 Å². The Morgan fingerprint density at radius 2 is 1.95 bits per heavy atom. The molecule has 0 radical (unpaired) electrons. The number of nitrogens with one attached hydrogen (secondary N) is 1. The zero-order chi connectivity index (χ0) is 15.7. The molecule has 6 heteroatoms. The van der Waals surface area contributed by atoms with Crippen LogP contribution >= 0.6 is 0 Å². The number of anilines is 1. The molecule has 0 amide bonds. The van der Waals surface area contributed by atoms with Crippen LogP contribution < -0.4 is 5.32 Å². The van der Waals surface area contributed by atoms with E-state index in [0.29, 0.717) is 5.82 Å². The summed E-state index contributed by atoms with van der Waals surface area (Å²) in [6.45, 7) is 7.25. The molecule has 0 saturated carbocycles. The highest BCUT2D eigenvalue weighted by Crippen LogP contribution is 2.25. The lowest BCUT2D eigenvalue weighted by Crippen LogP contribution is -2.22. The van der Waals surface area contributed by atoms with Crippen molar-refractivity contribution in [1.29, 1.82) is 0 Å². The fourth-order valence-electron chi connectivity index (χ4n) is 1.86. The van der Waals surface area contributed by atoms with E-state index >= 15 is 0 Å². The summed E-state index contributed by atoms with van der Waals surface area (Å²) in [7, 11) is -3.24. The molecule has 1 aromatic carbocycles. The fraction of sp³-hybridized carbons (Fsp3) is 0.467. The second-order valence-electron chi connectivity index (χ2n) is 6.04. The van der Waals surface area contributed by atoms with E-state index < -0.39 is 9.84 Å². The van der Waals surface area contributed by atoms with Gasteiger partial charge in [-0.1, -0.05) is 20.8 Å². The van der Waals surface area contributed by atoms with Crippen LogP contribution in [0.25, 0.3) is 10.9 Å². The van der Waals surface area contributed by atoms with E-state index in [2.05, 4.69) is 36.1 Å². The first kappa shape index (κ1) is 15.7. The third-order valence-electron chi connectivity index (χ3n) is 3.73. The van der Waals surface area contributed by atoms with Gasteiger partial charge >= 0.3 is 0 Å². The lowest BCUT2D eigenvalue weighted by molar-refractivity contribution is 0.376. The number of hydrogen-bond donors (Lipinski definition) is 1. The number of fused-ring (bicyclic) bond motifs is 1. The Bertz CT molecular complexity index is 755. The minimum Gasteiger partial charge on any atom is -0.369 e. The zero-order valence-corrected chi connectivity index (χ0v) is 13.7. The van der Waals surface area contributed by atoms with Gasteiger partial charge in [-0.2, -0.15) is 0 Å². The molecule has 0 unspecified atom stereocenters. The second-order valence-corrected chi connectivity index (χ2v) is 8.06. The molecule has 2 aromatic rings. The number of sulfone groups is 1. The van der Waals surface area contributed by atoms with Gasteiger partial charge in [-0.15, -0.1) is 0 Å². The van der Waals surface area contributed by atoms with Crippen LogP contribution in [0.4, 0.5) is 5.82 Å². The molecule has 1 heterocycles. The normalized spacial score (nSPS) is 12.6. The first-order valence-corrected chi connectivity index (χ1v) is 8.81. The summed E-state index contributed by atoms with van der Waals surface area (Å²) in [5, 5.41) is 4.04. The second kappa shape index (κ2) is 5.60. The molecule has 5 nitrogen and oxygen atoms in total. The maximum absolute atomic E-state index is 11.7. The Balaban J connectivity index is 2.44. The quantitative estimate of drug-likeness (QED) is 0.919. The van der Waals surface area contributed by atoms with E-state index in [1.165, 1.54) is 12.6 Å². The highest BCUT2D eigenvalue weighted by Gasteiger charge is 2.16. The molecule has 0 aliphatic carbocycles. The maximum Gasteiger partial charge on any atom is 0.175 e. The van der Waals surface area contributed by atoms with Gasteiger partial charge in [0.2, 0.25) is 0 Å². The fourth-order valence-corrected chi connectivity index (χ4v) is 2.50. The molecule has 0 spiro atoms. The molecule has 114 valence electrons. The number of rotatable bonds is 5. The predicted molar refractivity (Wildman–Crippen MR) is 85.2 cm³/mol. The molecule has 0 aliphatic rings. The molecule has 0 saturated heterocycles. The summed E-state index contributed by atoms with van der Waals surface area (Å²) >= 11 is 0. The van der Waals surface area contributed by atoms with Gasteiger partial charge in [-0.25, -0.2) is 18.4 Å². The Morgan fingerprint density at radius 1 is 1.24 bits per heavy atom. The van der Waals surface area contributed by atoms with E-state index in [9.17, 15) is 8.42 Å². The first-order valence-electron chi connectivity index (χ1n) is 6.92. The predicted octanol–water partition coefficient (Wildman–Crippen LogP) is 2.88. The largest absolute Gasteiger partial charge is 0.369 e. The van der Waals surface area contributed by atoms with Crippen LogP contribution in [0.5, 0.6) is 0 Å². The Hall–Kier alpha value is -1.69. The number of aromatic nitrogens is 2. The van der Waals surface area contributed by atoms with Crippen molar-refractivity contribution in [2.45, 2.75) is 32.1 Å². The maximum atomic E-state index is 11.7. The molecule has 1 aromatic heterocycles. The van der Waals surface area contributed by atoms with Gasteiger partial charge in [-0.3, -0.25) is 0 Å². The Kier molecular flexibility index (Phi) is 4.18. The third kappa shape index (κ3) is 3.69. The molecule has 1 N–H and O–H groups in total. The third-order valence-corrected chi connectivity index (χ3v) is 4.84. The standard InChI is InChI=1S/C15H21N3O2S/c1-5-15(2,3)9-16-14-12-8-11(21(4,19)20)6-7-13(12)17-10-18-14/h6-8,10H,5,9H2,1-4H3,(H,16,17,18). The molecule has 0 fully saturated rings. The van der Waals surface area contributed by atoms with Crippen molar-refractivity contribution in [3.8, 4) is 0 Å². The molecule has 21 heavy (non-hydrogen) atoms. The number of hydrogen-bond acceptors (Lipinski definition) is 5. The molecule has 2 rings (SSSR count). The van der Waals surface area contributed by atoms with Crippen LogP contribution in [0.1, 0.15) is 27.2 Å². The van der Waals surface area contributed by atoms with E-state index in [4.69, 9.17) is 0 Å². The van der Waals surface area contributed by atoms with Gasteiger partial charge < -0.3 is 5.32 Å². The minimum absolute atomic E-state index is 0.145. The van der Waals surface area contributed by atoms with Crippen molar-refractivity contribution in [2.24, 2.45) is 5.41 Å². The monoisotopic (exact) mass is 307 g/mol.